The smallest absolute Gasteiger partial charge is 0.139 e. The van der Waals surface area contributed by atoms with Gasteiger partial charge in [-0.15, -0.1) is 0 Å². The van der Waals surface area contributed by atoms with Gasteiger partial charge in [-0.05, 0) is 31.5 Å². The average molecular weight is 276 g/mol. The Morgan fingerprint density at radius 1 is 1.24 bits per heavy atom. The number of hydrogen-bond acceptors (Lipinski definition) is 2. The van der Waals surface area contributed by atoms with Gasteiger partial charge in [-0.2, -0.15) is 0 Å². The molecule has 1 N–H and O–H groups in total. The lowest BCUT2D eigenvalue weighted by Crippen LogP contribution is -2.23. The molecule has 0 spiro atoms. The monoisotopic (exact) mass is 275 g/mol. The van der Waals surface area contributed by atoms with E-state index >= 15 is 0 Å². The Morgan fingerprint density at radius 2 is 2.00 bits per heavy atom. The molecule has 0 unspecified atom stereocenters. The average Bonchev–Trinajstić information content (AvgIpc) is 2.27. The van der Waals surface area contributed by atoms with Gasteiger partial charge in [-0.3, -0.25) is 0 Å². The fraction of sp³-hybridized carbons (Fsp3) is 0.538. The summed E-state index contributed by atoms with van der Waals surface area (Å²) in [6.45, 7) is 5.97. The van der Waals surface area contributed by atoms with E-state index in [4.69, 9.17) is 27.9 Å². The molecule has 17 heavy (non-hydrogen) atoms. The molecule has 0 radical (unpaired) electrons. The highest BCUT2D eigenvalue weighted by molar-refractivity contribution is 6.34. The van der Waals surface area contributed by atoms with Crippen LogP contribution in [0.5, 0.6) is 5.75 Å². The molecule has 2 nitrogen and oxygen atoms in total. The minimum absolute atomic E-state index is 0.540. The van der Waals surface area contributed by atoms with Crippen LogP contribution in [0.3, 0.4) is 0 Å². The number of ether oxygens (including phenoxy) is 1. The van der Waals surface area contributed by atoms with Gasteiger partial charge in [0.25, 0.3) is 0 Å². The molecule has 0 heterocycles. The largest absolute Gasteiger partial charge is 0.492 e. The van der Waals surface area contributed by atoms with Crippen LogP contribution in [0.4, 0.5) is 0 Å². The highest BCUT2D eigenvalue weighted by atomic mass is 35.5. The molecule has 0 aliphatic rings. The Labute approximate surface area is 113 Å². The topological polar surface area (TPSA) is 21.3 Å². The minimum atomic E-state index is 0.540. The Bertz CT molecular complexity index is 342. The second kappa shape index (κ2) is 7.80. The molecule has 4 heteroatoms. The van der Waals surface area contributed by atoms with Crippen LogP contribution in [-0.2, 0) is 0 Å². The van der Waals surface area contributed by atoms with Gasteiger partial charge in [-0.25, -0.2) is 0 Å². The van der Waals surface area contributed by atoms with Crippen LogP contribution in [0.15, 0.2) is 18.2 Å². The Morgan fingerprint density at radius 3 is 2.71 bits per heavy atom. The van der Waals surface area contributed by atoms with Gasteiger partial charge in [0.2, 0.25) is 0 Å². The number of hydrogen-bond donors (Lipinski definition) is 1. The van der Waals surface area contributed by atoms with E-state index in [-0.39, 0.29) is 0 Å². The maximum Gasteiger partial charge on any atom is 0.139 e. The summed E-state index contributed by atoms with van der Waals surface area (Å²) in [5.74, 6) is 0.663. The minimum Gasteiger partial charge on any atom is -0.492 e. The molecular weight excluding hydrogens is 257 g/mol. The maximum atomic E-state index is 5.98. The van der Waals surface area contributed by atoms with Crippen molar-refractivity contribution >= 4 is 23.2 Å². The standard InChI is InChI=1S/C13H19Cl2NO/c1-10(2)16-7-3-4-8-17-13-9-11(14)5-6-12(13)15/h5-6,9-10,16H,3-4,7-8H2,1-2H3. The van der Waals surface area contributed by atoms with E-state index < -0.39 is 0 Å². The molecule has 1 aromatic carbocycles. The quantitative estimate of drug-likeness (QED) is 0.755. The summed E-state index contributed by atoms with van der Waals surface area (Å²) in [5.41, 5.74) is 0. The fourth-order valence-corrected chi connectivity index (χ4v) is 1.72. The van der Waals surface area contributed by atoms with Crippen molar-refractivity contribution < 1.29 is 4.74 Å². The third-order valence-corrected chi connectivity index (χ3v) is 2.82. The zero-order valence-corrected chi connectivity index (χ0v) is 11.8. The van der Waals surface area contributed by atoms with Crippen LogP contribution in [0.25, 0.3) is 0 Å². The van der Waals surface area contributed by atoms with Crippen LogP contribution in [0.2, 0.25) is 10.0 Å². The lowest BCUT2D eigenvalue weighted by Gasteiger charge is -2.10. The van der Waals surface area contributed by atoms with E-state index in [0.717, 1.165) is 19.4 Å². The fourth-order valence-electron chi connectivity index (χ4n) is 1.39. The van der Waals surface area contributed by atoms with Gasteiger partial charge in [0, 0.05) is 17.1 Å². The zero-order chi connectivity index (χ0) is 12.7. The molecule has 0 aromatic heterocycles. The van der Waals surface area contributed by atoms with Crippen molar-refractivity contribution in [3.8, 4) is 5.75 Å². The summed E-state index contributed by atoms with van der Waals surface area (Å²) in [4.78, 5) is 0. The van der Waals surface area contributed by atoms with Crippen molar-refractivity contribution in [3.05, 3.63) is 28.2 Å². The lowest BCUT2D eigenvalue weighted by molar-refractivity contribution is 0.305. The molecule has 0 fully saturated rings. The summed E-state index contributed by atoms with van der Waals surface area (Å²) in [5, 5.41) is 4.61. The number of nitrogens with one attached hydrogen (secondary N) is 1. The van der Waals surface area contributed by atoms with Crippen LogP contribution >= 0.6 is 23.2 Å². The Kier molecular flexibility index (Phi) is 6.71. The predicted molar refractivity (Wildman–Crippen MR) is 74.3 cm³/mol. The van der Waals surface area contributed by atoms with Crippen LogP contribution < -0.4 is 10.1 Å². The van der Waals surface area contributed by atoms with Crippen LogP contribution in [0, 0.1) is 0 Å². The van der Waals surface area contributed by atoms with E-state index in [0.29, 0.717) is 28.4 Å². The van der Waals surface area contributed by atoms with Crippen molar-refractivity contribution in [2.45, 2.75) is 32.7 Å². The van der Waals surface area contributed by atoms with E-state index in [9.17, 15) is 0 Å². The summed E-state index contributed by atoms with van der Waals surface area (Å²) in [7, 11) is 0. The van der Waals surface area contributed by atoms with Gasteiger partial charge < -0.3 is 10.1 Å². The summed E-state index contributed by atoms with van der Waals surface area (Å²) >= 11 is 11.8. The first-order valence-electron chi connectivity index (χ1n) is 5.91. The van der Waals surface area contributed by atoms with E-state index in [1.165, 1.54) is 0 Å². The van der Waals surface area contributed by atoms with Gasteiger partial charge in [0.1, 0.15) is 5.75 Å². The first-order valence-corrected chi connectivity index (χ1v) is 6.66. The third kappa shape index (κ3) is 6.16. The van der Waals surface area contributed by atoms with Gasteiger partial charge in [0.05, 0.1) is 11.6 Å². The molecule has 1 aromatic rings. The molecule has 96 valence electrons. The summed E-state index contributed by atoms with van der Waals surface area (Å²) < 4.78 is 5.58. The Balaban J connectivity index is 2.20. The summed E-state index contributed by atoms with van der Waals surface area (Å²) in [6, 6.07) is 5.79. The molecule has 0 saturated carbocycles. The highest BCUT2D eigenvalue weighted by Gasteiger charge is 2.02. The molecule has 0 aliphatic heterocycles. The third-order valence-electron chi connectivity index (χ3n) is 2.27. The number of benzene rings is 1. The first kappa shape index (κ1) is 14.6. The highest BCUT2D eigenvalue weighted by Crippen LogP contribution is 2.27. The van der Waals surface area contributed by atoms with E-state index in [1.807, 2.05) is 0 Å². The molecule has 0 aliphatic carbocycles. The number of halogens is 2. The van der Waals surface area contributed by atoms with Gasteiger partial charge >= 0.3 is 0 Å². The van der Waals surface area contributed by atoms with Crippen molar-refractivity contribution in [1.82, 2.24) is 5.32 Å². The number of rotatable bonds is 7. The predicted octanol–water partition coefficient (Wildman–Crippen LogP) is 4.15. The second-order valence-electron chi connectivity index (χ2n) is 4.24. The maximum absolute atomic E-state index is 5.98. The van der Waals surface area contributed by atoms with Crippen molar-refractivity contribution in [3.63, 3.8) is 0 Å². The lowest BCUT2D eigenvalue weighted by atomic mass is 10.3. The molecule has 0 amide bonds. The Hall–Kier alpha value is -0.440. The molecule has 0 atom stereocenters. The molecule has 0 bridgehead atoms. The normalized spacial score (nSPS) is 10.9. The second-order valence-corrected chi connectivity index (χ2v) is 5.08. The van der Waals surface area contributed by atoms with E-state index in [2.05, 4.69) is 19.2 Å². The van der Waals surface area contributed by atoms with Crippen molar-refractivity contribution in [2.75, 3.05) is 13.2 Å². The van der Waals surface area contributed by atoms with Crippen LogP contribution in [0.1, 0.15) is 26.7 Å². The first-order chi connectivity index (χ1) is 8.09. The zero-order valence-electron chi connectivity index (χ0n) is 10.3. The van der Waals surface area contributed by atoms with E-state index in [1.54, 1.807) is 18.2 Å². The van der Waals surface area contributed by atoms with Gasteiger partial charge in [0.15, 0.2) is 0 Å². The van der Waals surface area contributed by atoms with Crippen molar-refractivity contribution in [1.29, 1.82) is 0 Å². The van der Waals surface area contributed by atoms with Crippen LogP contribution in [-0.4, -0.2) is 19.2 Å². The number of unbranched alkanes of at least 4 members (excludes halogenated alkanes) is 1. The SMILES string of the molecule is CC(C)NCCCCOc1cc(Cl)ccc1Cl. The van der Waals surface area contributed by atoms with Gasteiger partial charge in [-0.1, -0.05) is 37.0 Å². The molecule has 0 saturated heterocycles. The molecule has 1 rings (SSSR count). The van der Waals surface area contributed by atoms with Crippen molar-refractivity contribution in [2.24, 2.45) is 0 Å². The summed E-state index contributed by atoms with van der Waals surface area (Å²) in [6.07, 6.45) is 2.10. The molecular formula is C13H19Cl2NO.